The van der Waals surface area contributed by atoms with Crippen LogP contribution >= 0.6 is 11.3 Å². The van der Waals surface area contributed by atoms with E-state index >= 15 is 0 Å². The van der Waals surface area contributed by atoms with E-state index in [-0.39, 0.29) is 37.2 Å². The number of methoxy groups -OCH3 is 1. The molecule has 0 saturated heterocycles. The van der Waals surface area contributed by atoms with Crippen LogP contribution in [0.2, 0.25) is 0 Å². The average Bonchev–Trinajstić information content (AvgIpc) is 3.21. The standard InChI is InChI=1S/C26H34N4O5S/c1-17-7-10-22(36-17)26(34)29-21(16-27-23(31)5-4-6-24(32)35-3)25(33)28-20-9-8-18-11-13-30(2)14-12-19(18)15-20/h7-10,15,21H,4-6,11-14,16H2,1-3H3,(H,27,31)(H,28,33)(H,29,34)/t21-/m1/s1. The summed E-state index contributed by atoms with van der Waals surface area (Å²) in [5.41, 5.74) is 3.12. The quantitative estimate of drug-likeness (QED) is 0.419. The summed E-state index contributed by atoms with van der Waals surface area (Å²) in [5.74, 6) is -1.49. The van der Waals surface area contributed by atoms with Crippen LogP contribution in [-0.4, -0.2) is 68.4 Å². The van der Waals surface area contributed by atoms with Crippen LogP contribution in [0.4, 0.5) is 5.69 Å². The van der Waals surface area contributed by atoms with E-state index in [4.69, 9.17) is 0 Å². The number of nitrogens with zero attached hydrogens (tertiary/aromatic N) is 1. The number of thiophene rings is 1. The van der Waals surface area contributed by atoms with Crippen molar-refractivity contribution in [3.8, 4) is 0 Å². The molecule has 0 spiro atoms. The van der Waals surface area contributed by atoms with E-state index in [2.05, 4.69) is 32.6 Å². The van der Waals surface area contributed by atoms with Gasteiger partial charge in [-0.2, -0.15) is 0 Å². The lowest BCUT2D eigenvalue weighted by molar-refractivity contribution is -0.140. The van der Waals surface area contributed by atoms with E-state index in [0.717, 1.165) is 30.8 Å². The Morgan fingerprint density at radius 3 is 2.50 bits per heavy atom. The molecule has 9 nitrogen and oxygen atoms in total. The molecule has 0 aliphatic carbocycles. The van der Waals surface area contributed by atoms with E-state index in [1.807, 2.05) is 31.2 Å². The van der Waals surface area contributed by atoms with Crippen molar-refractivity contribution in [1.82, 2.24) is 15.5 Å². The largest absolute Gasteiger partial charge is 0.469 e. The number of hydrogen-bond donors (Lipinski definition) is 3. The fourth-order valence-corrected chi connectivity index (χ4v) is 4.71. The maximum absolute atomic E-state index is 13.2. The fourth-order valence-electron chi connectivity index (χ4n) is 3.94. The number of aryl methyl sites for hydroxylation is 1. The molecule has 1 aliphatic rings. The number of rotatable bonds is 10. The second kappa shape index (κ2) is 13.2. The van der Waals surface area contributed by atoms with Crippen molar-refractivity contribution in [3.63, 3.8) is 0 Å². The van der Waals surface area contributed by atoms with Gasteiger partial charge < -0.3 is 25.6 Å². The van der Waals surface area contributed by atoms with Crippen molar-refractivity contribution in [2.75, 3.05) is 39.1 Å². The molecule has 1 aliphatic heterocycles. The molecular formula is C26H34N4O5S. The summed E-state index contributed by atoms with van der Waals surface area (Å²) in [7, 11) is 3.40. The molecule has 1 aromatic heterocycles. The maximum atomic E-state index is 13.2. The minimum atomic E-state index is -0.977. The van der Waals surface area contributed by atoms with Crippen molar-refractivity contribution < 1.29 is 23.9 Å². The minimum Gasteiger partial charge on any atom is -0.469 e. The van der Waals surface area contributed by atoms with Gasteiger partial charge in [0.05, 0.1) is 12.0 Å². The van der Waals surface area contributed by atoms with Crippen LogP contribution in [0.15, 0.2) is 30.3 Å². The highest BCUT2D eigenvalue weighted by Crippen LogP contribution is 2.20. The molecule has 1 atom stereocenters. The summed E-state index contributed by atoms with van der Waals surface area (Å²) in [4.78, 5) is 53.2. The molecule has 0 unspecified atom stereocenters. The summed E-state index contributed by atoms with van der Waals surface area (Å²) in [6.07, 6.45) is 2.44. The smallest absolute Gasteiger partial charge is 0.305 e. The Morgan fingerprint density at radius 1 is 1.06 bits per heavy atom. The Labute approximate surface area is 215 Å². The summed E-state index contributed by atoms with van der Waals surface area (Å²) < 4.78 is 4.58. The van der Waals surface area contributed by atoms with Gasteiger partial charge in [-0.25, -0.2) is 0 Å². The molecule has 3 rings (SSSR count). The van der Waals surface area contributed by atoms with E-state index in [0.29, 0.717) is 17.0 Å². The van der Waals surface area contributed by atoms with Gasteiger partial charge in [0.1, 0.15) is 6.04 Å². The number of carbonyl (C=O) groups excluding carboxylic acids is 4. The molecule has 2 heterocycles. The van der Waals surface area contributed by atoms with Crippen molar-refractivity contribution in [2.45, 2.75) is 45.1 Å². The van der Waals surface area contributed by atoms with E-state index in [1.54, 1.807) is 6.07 Å². The van der Waals surface area contributed by atoms with Crippen LogP contribution in [0.1, 0.15) is 44.9 Å². The summed E-state index contributed by atoms with van der Waals surface area (Å²) in [6, 6.07) is 8.46. The first-order chi connectivity index (χ1) is 17.2. The number of fused-ring (bicyclic) bond motifs is 1. The first kappa shape index (κ1) is 27.3. The lowest BCUT2D eigenvalue weighted by Crippen LogP contribution is -2.50. The molecule has 2 aromatic rings. The summed E-state index contributed by atoms with van der Waals surface area (Å²) in [5, 5.41) is 8.34. The molecule has 10 heteroatoms. The van der Waals surface area contributed by atoms with Crippen LogP contribution in [-0.2, 0) is 32.0 Å². The molecule has 0 bridgehead atoms. The number of hydrogen-bond acceptors (Lipinski definition) is 7. The third-order valence-corrected chi connectivity index (χ3v) is 7.10. The number of ether oxygens (including phenoxy) is 1. The second-order valence-electron chi connectivity index (χ2n) is 8.95. The monoisotopic (exact) mass is 514 g/mol. The number of benzene rings is 1. The number of carbonyl (C=O) groups is 4. The Kier molecular flexibility index (Phi) is 10.0. The molecule has 36 heavy (non-hydrogen) atoms. The summed E-state index contributed by atoms with van der Waals surface area (Å²) >= 11 is 1.33. The van der Waals surface area contributed by atoms with E-state index < -0.39 is 11.9 Å². The molecule has 3 N–H and O–H groups in total. The van der Waals surface area contributed by atoms with Gasteiger partial charge in [-0.15, -0.1) is 11.3 Å². The van der Waals surface area contributed by atoms with Gasteiger partial charge in [0.15, 0.2) is 0 Å². The Bertz CT molecular complexity index is 1100. The molecule has 0 saturated carbocycles. The van der Waals surface area contributed by atoms with Crippen molar-refractivity contribution >= 4 is 40.7 Å². The topological polar surface area (TPSA) is 117 Å². The zero-order chi connectivity index (χ0) is 26.1. The highest BCUT2D eigenvalue weighted by molar-refractivity contribution is 7.13. The van der Waals surface area contributed by atoms with Crippen LogP contribution in [0.5, 0.6) is 0 Å². The number of esters is 1. The third-order valence-electron chi connectivity index (χ3n) is 6.10. The third kappa shape index (κ3) is 8.17. The molecule has 3 amide bonds. The Hall–Kier alpha value is -3.24. The molecule has 0 fully saturated rings. The van der Waals surface area contributed by atoms with Crippen LogP contribution in [0.25, 0.3) is 0 Å². The van der Waals surface area contributed by atoms with Crippen LogP contribution < -0.4 is 16.0 Å². The molecule has 0 radical (unpaired) electrons. The number of likely N-dealkylation sites (N-methyl/N-ethyl adjacent to an activating group) is 1. The zero-order valence-electron chi connectivity index (χ0n) is 21.0. The zero-order valence-corrected chi connectivity index (χ0v) is 21.8. The van der Waals surface area contributed by atoms with E-state index in [1.165, 1.54) is 29.6 Å². The van der Waals surface area contributed by atoms with Crippen molar-refractivity contribution in [3.05, 3.63) is 51.2 Å². The fraction of sp³-hybridized carbons (Fsp3) is 0.462. The number of amides is 3. The first-order valence-corrected chi connectivity index (χ1v) is 12.9. The highest BCUT2D eigenvalue weighted by atomic mass is 32.1. The number of nitrogens with one attached hydrogen (secondary N) is 3. The molecular weight excluding hydrogens is 480 g/mol. The van der Waals surface area contributed by atoms with E-state index in [9.17, 15) is 19.2 Å². The van der Waals surface area contributed by atoms with Gasteiger partial charge in [-0.3, -0.25) is 19.2 Å². The lowest BCUT2D eigenvalue weighted by Gasteiger charge is -2.19. The summed E-state index contributed by atoms with van der Waals surface area (Å²) in [6.45, 7) is 3.77. The van der Waals surface area contributed by atoms with Crippen LogP contribution in [0.3, 0.4) is 0 Å². The predicted octanol–water partition coefficient (Wildman–Crippen LogP) is 2.28. The minimum absolute atomic E-state index is 0.0747. The van der Waals surface area contributed by atoms with Gasteiger partial charge in [0.25, 0.3) is 5.91 Å². The SMILES string of the molecule is COC(=O)CCCC(=O)NC[C@@H](NC(=O)c1ccc(C)s1)C(=O)Nc1ccc2c(c1)CCN(C)CC2. The Morgan fingerprint density at radius 2 is 1.81 bits per heavy atom. The first-order valence-electron chi connectivity index (χ1n) is 12.1. The highest BCUT2D eigenvalue weighted by Gasteiger charge is 2.24. The molecule has 194 valence electrons. The van der Waals surface area contributed by atoms with Crippen molar-refractivity contribution in [1.29, 1.82) is 0 Å². The normalized spacial score (nSPS) is 14.2. The Balaban J connectivity index is 1.65. The second-order valence-corrected chi connectivity index (χ2v) is 10.2. The lowest BCUT2D eigenvalue weighted by atomic mass is 10.0. The van der Waals surface area contributed by atoms with Gasteiger partial charge in [0.2, 0.25) is 11.8 Å². The average molecular weight is 515 g/mol. The van der Waals surface area contributed by atoms with Crippen molar-refractivity contribution in [2.24, 2.45) is 0 Å². The molecule has 1 aromatic carbocycles. The predicted molar refractivity (Wildman–Crippen MR) is 139 cm³/mol. The van der Waals surface area contributed by atoms with Gasteiger partial charge >= 0.3 is 5.97 Å². The number of anilines is 1. The van der Waals surface area contributed by atoms with Gasteiger partial charge in [0, 0.05) is 43.0 Å². The van der Waals surface area contributed by atoms with Gasteiger partial charge in [-0.05, 0) is 68.6 Å². The van der Waals surface area contributed by atoms with Gasteiger partial charge in [-0.1, -0.05) is 6.07 Å². The van der Waals surface area contributed by atoms with Crippen LogP contribution in [0, 0.1) is 6.92 Å². The maximum Gasteiger partial charge on any atom is 0.305 e.